The number of thiophene rings is 2. The van der Waals surface area contributed by atoms with Crippen LogP contribution in [0.5, 0.6) is 0 Å². The molecule has 9 nitrogen and oxygen atoms in total. The van der Waals surface area contributed by atoms with Gasteiger partial charge in [0.15, 0.2) is 6.61 Å². The predicted molar refractivity (Wildman–Crippen MR) is 112 cm³/mol. The lowest BCUT2D eigenvalue weighted by atomic mass is 10.1. The number of nitrogens with one attached hydrogen (secondary N) is 1. The van der Waals surface area contributed by atoms with E-state index in [1.807, 2.05) is 0 Å². The number of carbonyl (C=O) groups is 3. The number of carbonyl (C=O) groups excluding carboxylic acids is 3. The Balaban J connectivity index is 1.42. The van der Waals surface area contributed by atoms with Crippen LogP contribution in [0.3, 0.4) is 0 Å². The molecule has 3 aromatic rings. The molecule has 1 aliphatic rings. The molecule has 0 unspecified atom stereocenters. The van der Waals surface area contributed by atoms with Crippen LogP contribution in [-0.4, -0.2) is 29.3 Å². The number of nitrogens with two attached hydrogens (primary N) is 1. The molecule has 1 aliphatic carbocycles. The normalized spacial score (nSPS) is 12.5. The summed E-state index contributed by atoms with van der Waals surface area (Å²) in [5, 5.41) is 14.4. The number of amides is 2. The van der Waals surface area contributed by atoms with Crippen LogP contribution >= 0.6 is 22.7 Å². The molecular formula is C19H15N3O6S2. The van der Waals surface area contributed by atoms with Crippen molar-refractivity contribution in [1.82, 2.24) is 0 Å². The van der Waals surface area contributed by atoms with Gasteiger partial charge in [-0.25, -0.2) is 4.79 Å². The van der Waals surface area contributed by atoms with Crippen LogP contribution < -0.4 is 11.1 Å². The number of nitro groups is 1. The van der Waals surface area contributed by atoms with Crippen LogP contribution in [0.25, 0.3) is 10.1 Å². The van der Waals surface area contributed by atoms with Gasteiger partial charge in [0.05, 0.1) is 10.5 Å². The molecule has 2 aromatic heterocycles. The fourth-order valence-corrected chi connectivity index (χ4v) is 5.61. The van der Waals surface area contributed by atoms with Gasteiger partial charge in [0.25, 0.3) is 17.5 Å². The zero-order chi connectivity index (χ0) is 21.4. The summed E-state index contributed by atoms with van der Waals surface area (Å²) < 4.78 is 5.75. The van der Waals surface area contributed by atoms with Crippen molar-refractivity contribution in [3.63, 3.8) is 0 Å². The quantitative estimate of drug-likeness (QED) is 0.339. The minimum absolute atomic E-state index is 0.0762. The van der Waals surface area contributed by atoms with Crippen molar-refractivity contribution in [3.05, 3.63) is 55.3 Å². The molecule has 11 heteroatoms. The van der Waals surface area contributed by atoms with E-state index < -0.39 is 29.3 Å². The highest BCUT2D eigenvalue weighted by atomic mass is 32.1. The maximum absolute atomic E-state index is 12.3. The van der Waals surface area contributed by atoms with E-state index in [-0.39, 0.29) is 10.6 Å². The predicted octanol–water partition coefficient (Wildman–Crippen LogP) is 3.25. The van der Waals surface area contributed by atoms with Gasteiger partial charge in [-0.1, -0.05) is 0 Å². The van der Waals surface area contributed by atoms with Crippen molar-refractivity contribution in [1.29, 1.82) is 0 Å². The lowest BCUT2D eigenvalue weighted by molar-refractivity contribution is -0.384. The van der Waals surface area contributed by atoms with Crippen LogP contribution in [0.4, 0.5) is 10.7 Å². The number of anilines is 1. The van der Waals surface area contributed by atoms with E-state index in [9.17, 15) is 24.5 Å². The molecule has 0 fully saturated rings. The standard InChI is InChI=1S/C19H15N3O6S2/c20-17(24)16-11-2-1-3-13(11)30-18(16)21-15(23)8-28-19(25)14-7-9-6-10(22(26)27)4-5-12(9)29-14/h4-7H,1-3,8H2,(H2,20,24)(H,21,23). The molecule has 2 amide bonds. The number of ether oxygens (including phenoxy) is 1. The second-order valence-electron chi connectivity index (χ2n) is 6.64. The van der Waals surface area contributed by atoms with Gasteiger partial charge in [0, 0.05) is 27.1 Å². The monoisotopic (exact) mass is 445 g/mol. The summed E-state index contributed by atoms with van der Waals surface area (Å²) in [5.74, 6) is -1.89. The fraction of sp³-hybridized carbons (Fsp3) is 0.211. The Morgan fingerprint density at radius 2 is 2.00 bits per heavy atom. The van der Waals surface area contributed by atoms with Crippen molar-refractivity contribution >= 4 is 61.2 Å². The molecule has 4 rings (SSSR count). The lowest BCUT2D eigenvalue weighted by Crippen LogP contribution is -2.22. The van der Waals surface area contributed by atoms with Crippen LogP contribution in [-0.2, 0) is 22.4 Å². The fourth-order valence-electron chi connectivity index (χ4n) is 3.36. The minimum Gasteiger partial charge on any atom is -0.451 e. The van der Waals surface area contributed by atoms with Gasteiger partial charge in [-0.2, -0.15) is 0 Å². The van der Waals surface area contributed by atoms with Gasteiger partial charge in [0.2, 0.25) is 0 Å². The molecule has 30 heavy (non-hydrogen) atoms. The molecule has 0 saturated heterocycles. The number of nitro benzene ring substituents is 1. The van der Waals surface area contributed by atoms with Crippen LogP contribution in [0.15, 0.2) is 24.3 Å². The molecule has 3 N–H and O–H groups in total. The first kappa shape index (κ1) is 20.0. The maximum atomic E-state index is 12.3. The largest absolute Gasteiger partial charge is 0.451 e. The van der Waals surface area contributed by atoms with E-state index in [1.165, 1.54) is 29.5 Å². The molecule has 154 valence electrons. The number of hydrogen-bond donors (Lipinski definition) is 2. The van der Waals surface area contributed by atoms with Gasteiger partial charge in [-0.3, -0.25) is 19.7 Å². The average Bonchev–Trinajstić information content (AvgIpc) is 3.38. The van der Waals surface area contributed by atoms with Crippen LogP contribution in [0.1, 0.15) is 36.9 Å². The Labute approximate surface area is 177 Å². The first-order valence-electron chi connectivity index (χ1n) is 8.93. The van der Waals surface area contributed by atoms with Gasteiger partial charge in [0.1, 0.15) is 9.88 Å². The minimum atomic E-state index is -0.710. The summed E-state index contributed by atoms with van der Waals surface area (Å²) in [6.45, 7) is -0.534. The zero-order valence-corrected chi connectivity index (χ0v) is 17.1. The highest BCUT2D eigenvalue weighted by Gasteiger charge is 2.26. The Morgan fingerprint density at radius 3 is 2.73 bits per heavy atom. The highest BCUT2D eigenvalue weighted by molar-refractivity contribution is 7.20. The summed E-state index contributed by atoms with van der Waals surface area (Å²) in [5.41, 5.74) is 6.61. The molecular weight excluding hydrogens is 430 g/mol. The van der Waals surface area contributed by atoms with Crippen molar-refractivity contribution in [2.75, 3.05) is 11.9 Å². The van der Waals surface area contributed by atoms with Crippen LogP contribution in [0.2, 0.25) is 0 Å². The number of rotatable bonds is 6. The summed E-state index contributed by atoms with van der Waals surface area (Å²) in [6, 6.07) is 5.78. The third-order valence-electron chi connectivity index (χ3n) is 4.67. The van der Waals surface area contributed by atoms with Gasteiger partial charge in [-0.05, 0) is 37.0 Å². The van der Waals surface area contributed by atoms with E-state index in [0.717, 1.165) is 41.0 Å². The summed E-state index contributed by atoms with van der Waals surface area (Å²) >= 11 is 2.43. The molecule has 1 aromatic carbocycles. The third-order valence-corrected chi connectivity index (χ3v) is 6.97. The second-order valence-corrected chi connectivity index (χ2v) is 8.83. The average molecular weight is 445 g/mol. The van der Waals surface area contributed by atoms with E-state index in [2.05, 4.69) is 5.32 Å². The number of benzene rings is 1. The van der Waals surface area contributed by atoms with Crippen molar-refractivity contribution in [2.45, 2.75) is 19.3 Å². The van der Waals surface area contributed by atoms with Crippen molar-refractivity contribution in [2.24, 2.45) is 5.73 Å². The molecule has 0 saturated carbocycles. The molecule has 0 atom stereocenters. The highest BCUT2D eigenvalue weighted by Crippen LogP contribution is 2.38. The number of hydrogen-bond acceptors (Lipinski definition) is 8. The number of non-ortho nitro benzene ring substituents is 1. The number of aryl methyl sites for hydroxylation is 1. The summed E-state index contributed by atoms with van der Waals surface area (Å²) in [4.78, 5) is 47.9. The van der Waals surface area contributed by atoms with Crippen LogP contribution in [0, 0.1) is 10.1 Å². The first-order valence-corrected chi connectivity index (χ1v) is 10.6. The summed E-state index contributed by atoms with van der Waals surface area (Å²) in [7, 11) is 0. The molecule has 0 radical (unpaired) electrons. The van der Waals surface area contributed by atoms with Gasteiger partial charge >= 0.3 is 5.97 Å². The Hall–Kier alpha value is -3.31. The molecule has 0 bridgehead atoms. The van der Waals surface area contributed by atoms with Gasteiger partial charge in [-0.15, -0.1) is 22.7 Å². The van der Waals surface area contributed by atoms with Crippen molar-refractivity contribution < 1.29 is 24.0 Å². The molecule has 0 aliphatic heterocycles. The van der Waals surface area contributed by atoms with E-state index in [4.69, 9.17) is 10.5 Å². The topological polar surface area (TPSA) is 142 Å². The second kappa shape index (κ2) is 7.84. The zero-order valence-electron chi connectivity index (χ0n) is 15.4. The number of fused-ring (bicyclic) bond motifs is 2. The van der Waals surface area contributed by atoms with Gasteiger partial charge < -0.3 is 15.8 Å². The Morgan fingerprint density at radius 1 is 1.20 bits per heavy atom. The van der Waals surface area contributed by atoms with Crippen molar-refractivity contribution in [3.8, 4) is 0 Å². The first-order chi connectivity index (χ1) is 14.3. The third kappa shape index (κ3) is 3.76. The lowest BCUT2D eigenvalue weighted by Gasteiger charge is -2.06. The Bertz CT molecular complexity index is 1210. The number of nitrogens with zero attached hydrogens (tertiary/aromatic N) is 1. The summed E-state index contributed by atoms with van der Waals surface area (Å²) in [6.07, 6.45) is 2.54. The maximum Gasteiger partial charge on any atom is 0.348 e. The SMILES string of the molecule is NC(=O)c1c(NC(=O)COC(=O)c2cc3cc([N+](=O)[O-])ccc3s2)sc2c1CCC2. The van der Waals surface area contributed by atoms with E-state index >= 15 is 0 Å². The van der Waals surface area contributed by atoms with E-state index in [0.29, 0.717) is 20.7 Å². The smallest absolute Gasteiger partial charge is 0.348 e. The van der Waals surface area contributed by atoms with E-state index in [1.54, 1.807) is 6.07 Å². The molecule has 2 heterocycles. The number of esters is 1. The molecule has 0 spiro atoms. The Kier molecular flexibility index (Phi) is 5.22. The number of primary amides is 1.